The molecule has 100 valence electrons. The summed E-state index contributed by atoms with van der Waals surface area (Å²) in [5.41, 5.74) is 0.0912. The van der Waals surface area contributed by atoms with E-state index in [1.807, 2.05) is 11.8 Å². The van der Waals surface area contributed by atoms with Crippen molar-refractivity contribution in [3.63, 3.8) is 0 Å². The highest BCUT2D eigenvalue weighted by Gasteiger charge is 2.11. The monoisotopic (exact) mass is 333 g/mol. The second kappa shape index (κ2) is 8.53. The Morgan fingerprint density at radius 1 is 1.39 bits per heavy atom. The molecule has 0 atom stereocenters. The summed E-state index contributed by atoms with van der Waals surface area (Å²) in [5, 5.41) is 2.74. The van der Waals surface area contributed by atoms with Gasteiger partial charge in [-0.05, 0) is 43.0 Å². The molecular weight excluding hydrogens is 317 g/mol. The third-order valence-corrected chi connectivity index (χ3v) is 3.67. The molecule has 0 spiro atoms. The second-order valence-electron chi connectivity index (χ2n) is 3.93. The zero-order chi connectivity index (χ0) is 13.4. The molecule has 5 heteroatoms. The molecule has 18 heavy (non-hydrogen) atoms. The lowest BCUT2D eigenvalue weighted by Crippen LogP contribution is -2.25. The molecule has 0 aliphatic rings. The summed E-state index contributed by atoms with van der Waals surface area (Å²) in [6.45, 7) is 0.596. The summed E-state index contributed by atoms with van der Waals surface area (Å²) in [7, 11) is 0. The molecule has 0 unspecified atom stereocenters. The number of carbonyl (C=O) groups excluding carboxylic acids is 1. The number of thioether (sulfide) groups is 1. The Morgan fingerprint density at radius 3 is 2.89 bits per heavy atom. The van der Waals surface area contributed by atoms with Crippen LogP contribution >= 0.6 is 27.7 Å². The number of rotatable bonds is 7. The number of benzene rings is 1. The lowest BCUT2D eigenvalue weighted by atomic mass is 10.2. The molecule has 1 amide bonds. The van der Waals surface area contributed by atoms with Crippen LogP contribution in [-0.2, 0) is 0 Å². The Balaban J connectivity index is 2.34. The molecule has 0 aromatic heterocycles. The number of amides is 1. The van der Waals surface area contributed by atoms with Gasteiger partial charge in [-0.2, -0.15) is 11.8 Å². The van der Waals surface area contributed by atoms with Gasteiger partial charge in [0.25, 0.3) is 5.91 Å². The lowest BCUT2D eigenvalue weighted by Gasteiger charge is -2.06. The molecule has 0 aliphatic carbocycles. The first-order chi connectivity index (χ1) is 8.65. The number of hydrogen-bond acceptors (Lipinski definition) is 2. The van der Waals surface area contributed by atoms with Crippen LogP contribution in [0.5, 0.6) is 0 Å². The van der Waals surface area contributed by atoms with E-state index in [0.29, 0.717) is 11.0 Å². The van der Waals surface area contributed by atoms with Gasteiger partial charge in [0, 0.05) is 11.0 Å². The van der Waals surface area contributed by atoms with Gasteiger partial charge in [-0.25, -0.2) is 4.39 Å². The van der Waals surface area contributed by atoms with Crippen molar-refractivity contribution in [2.24, 2.45) is 0 Å². The van der Waals surface area contributed by atoms with E-state index in [1.165, 1.54) is 12.1 Å². The van der Waals surface area contributed by atoms with Gasteiger partial charge in [0.05, 0.1) is 5.56 Å². The third-order valence-electron chi connectivity index (χ3n) is 2.48. The van der Waals surface area contributed by atoms with E-state index in [1.54, 1.807) is 6.07 Å². The van der Waals surface area contributed by atoms with E-state index < -0.39 is 5.82 Å². The van der Waals surface area contributed by atoms with Crippen molar-refractivity contribution in [2.45, 2.75) is 19.3 Å². The van der Waals surface area contributed by atoms with Crippen LogP contribution in [0.3, 0.4) is 0 Å². The fourth-order valence-electron chi connectivity index (χ4n) is 1.52. The van der Waals surface area contributed by atoms with E-state index in [9.17, 15) is 9.18 Å². The Labute approximate surface area is 120 Å². The van der Waals surface area contributed by atoms with Crippen molar-refractivity contribution in [3.05, 3.63) is 34.1 Å². The molecule has 0 fully saturated rings. The highest BCUT2D eigenvalue weighted by Crippen LogP contribution is 2.15. The minimum Gasteiger partial charge on any atom is -0.352 e. The standard InChI is InChI=1S/C13H17BrFNOS/c1-18-8-4-2-3-7-16-13(17)11-9-10(14)5-6-12(11)15/h5-6,9H,2-4,7-8H2,1H3,(H,16,17). The smallest absolute Gasteiger partial charge is 0.254 e. The number of halogens is 2. The summed E-state index contributed by atoms with van der Waals surface area (Å²) in [6.07, 6.45) is 5.25. The van der Waals surface area contributed by atoms with Gasteiger partial charge in [0.1, 0.15) is 5.82 Å². The van der Waals surface area contributed by atoms with Crippen LogP contribution in [0, 0.1) is 5.82 Å². The first-order valence-corrected chi connectivity index (χ1v) is 8.06. The van der Waals surface area contributed by atoms with E-state index in [0.717, 1.165) is 25.0 Å². The molecule has 1 aromatic rings. The first-order valence-electron chi connectivity index (χ1n) is 5.87. The van der Waals surface area contributed by atoms with E-state index in [2.05, 4.69) is 27.5 Å². The minimum atomic E-state index is -0.488. The fraction of sp³-hybridized carbons (Fsp3) is 0.462. The summed E-state index contributed by atoms with van der Waals surface area (Å²) >= 11 is 5.05. The van der Waals surface area contributed by atoms with E-state index >= 15 is 0 Å². The van der Waals surface area contributed by atoms with Crippen LogP contribution in [0.1, 0.15) is 29.6 Å². The Hall–Kier alpha value is -0.550. The van der Waals surface area contributed by atoms with Crippen LogP contribution < -0.4 is 5.32 Å². The molecule has 0 aliphatic heterocycles. The van der Waals surface area contributed by atoms with Crippen molar-refractivity contribution in [3.8, 4) is 0 Å². The zero-order valence-electron chi connectivity index (χ0n) is 10.3. The highest BCUT2D eigenvalue weighted by atomic mass is 79.9. The van der Waals surface area contributed by atoms with Gasteiger partial charge < -0.3 is 5.32 Å². The molecule has 1 rings (SSSR count). The van der Waals surface area contributed by atoms with Crippen molar-refractivity contribution in [1.29, 1.82) is 0 Å². The molecule has 0 saturated carbocycles. The predicted molar refractivity (Wildman–Crippen MR) is 78.7 cm³/mol. The van der Waals surface area contributed by atoms with Crippen LogP contribution in [0.15, 0.2) is 22.7 Å². The largest absolute Gasteiger partial charge is 0.352 e. The number of carbonyl (C=O) groups is 1. The average molecular weight is 334 g/mol. The first kappa shape index (κ1) is 15.5. The van der Waals surface area contributed by atoms with Gasteiger partial charge in [0.15, 0.2) is 0 Å². The second-order valence-corrected chi connectivity index (χ2v) is 5.83. The average Bonchev–Trinajstić information content (AvgIpc) is 2.36. The van der Waals surface area contributed by atoms with Gasteiger partial charge >= 0.3 is 0 Å². The summed E-state index contributed by atoms with van der Waals surface area (Å²) < 4.78 is 14.1. The van der Waals surface area contributed by atoms with Crippen LogP contribution in [0.2, 0.25) is 0 Å². The van der Waals surface area contributed by atoms with Crippen molar-refractivity contribution >= 4 is 33.6 Å². The molecule has 0 radical (unpaired) electrons. The maximum Gasteiger partial charge on any atom is 0.254 e. The topological polar surface area (TPSA) is 29.1 Å². The molecule has 0 bridgehead atoms. The fourth-order valence-corrected chi connectivity index (χ4v) is 2.37. The summed E-state index contributed by atoms with van der Waals surface area (Å²) in [6, 6.07) is 4.37. The van der Waals surface area contributed by atoms with Crippen molar-refractivity contribution < 1.29 is 9.18 Å². The molecule has 2 nitrogen and oxygen atoms in total. The zero-order valence-corrected chi connectivity index (χ0v) is 12.7. The SMILES string of the molecule is CSCCCCCNC(=O)c1cc(Br)ccc1F. The van der Waals surface area contributed by atoms with Crippen LogP contribution in [0.4, 0.5) is 4.39 Å². The number of hydrogen-bond donors (Lipinski definition) is 1. The molecule has 1 N–H and O–H groups in total. The maximum absolute atomic E-state index is 13.4. The van der Waals surface area contributed by atoms with E-state index in [-0.39, 0.29) is 11.5 Å². The Kier molecular flexibility index (Phi) is 7.35. The minimum absolute atomic E-state index is 0.0912. The number of unbranched alkanes of at least 4 members (excludes halogenated alkanes) is 2. The molecule has 1 aromatic carbocycles. The van der Waals surface area contributed by atoms with E-state index in [4.69, 9.17) is 0 Å². The Bertz CT molecular complexity index is 401. The molecular formula is C13H17BrFNOS. The van der Waals surface area contributed by atoms with Crippen LogP contribution in [0.25, 0.3) is 0 Å². The van der Waals surface area contributed by atoms with Crippen molar-refractivity contribution in [1.82, 2.24) is 5.32 Å². The quantitative estimate of drug-likeness (QED) is 0.768. The van der Waals surface area contributed by atoms with Gasteiger partial charge in [-0.1, -0.05) is 22.4 Å². The molecule has 0 heterocycles. The van der Waals surface area contributed by atoms with Gasteiger partial charge in [-0.3, -0.25) is 4.79 Å². The number of nitrogens with one attached hydrogen (secondary N) is 1. The van der Waals surface area contributed by atoms with Crippen molar-refractivity contribution in [2.75, 3.05) is 18.6 Å². The highest BCUT2D eigenvalue weighted by molar-refractivity contribution is 9.10. The van der Waals surface area contributed by atoms with Gasteiger partial charge in [0.2, 0.25) is 0 Å². The third kappa shape index (κ3) is 5.40. The van der Waals surface area contributed by atoms with Gasteiger partial charge in [-0.15, -0.1) is 0 Å². The summed E-state index contributed by atoms with van der Waals surface area (Å²) in [5.74, 6) is 0.311. The predicted octanol–water partition coefficient (Wildman–Crippen LogP) is 3.85. The maximum atomic E-state index is 13.4. The van der Waals surface area contributed by atoms with Crippen LogP contribution in [-0.4, -0.2) is 24.5 Å². The normalized spacial score (nSPS) is 10.4. The lowest BCUT2D eigenvalue weighted by molar-refractivity contribution is 0.0949. The Morgan fingerprint density at radius 2 is 2.17 bits per heavy atom. The summed E-state index contributed by atoms with van der Waals surface area (Å²) in [4.78, 5) is 11.7. The molecule has 0 saturated heterocycles.